The van der Waals surface area contributed by atoms with Crippen molar-refractivity contribution in [2.24, 2.45) is 0 Å². The number of aryl methyl sites for hydroxylation is 3. The maximum atomic E-state index is 12.8. The highest BCUT2D eigenvalue weighted by molar-refractivity contribution is 5.99. The summed E-state index contributed by atoms with van der Waals surface area (Å²) in [6, 6.07) is 23.0. The van der Waals surface area contributed by atoms with Gasteiger partial charge >= 0.3 is 0 Å². The molecule has 1 N–H and O–H groups in total. The van der Waals surface area contributed by atoms with Crippen LogP contribution in [0.1, 0.15) is 43.9 Å². The molecular weight excluding hydrogens is 380 g/mol. The summed E-state index contributed by atoms with van der Waals surface area (Å²) in [5.41, 5.74) is 9.47. The van der Waals surface area contributed by atoms with Crippen LogP contribution >= 0.6 is 0 Å². The molecule has 0 aliphatic heterocycles. The van der Waals surface area contributed by atoms with Crippen molar-refractivity contribution in [3.05, 3.63) is 106 Å². The van der Waals surface area contributed by atoms with Crippen LogP contribution in [0.25, 0.3) is 10.9 Å². The molecule has 0 aliphatic rings. The fourth-order valence-electron chi connectivity index (χ4n) is 4.29. The van der Waals surface area contributed by atoms with Gasteiger partial charge < -0.3 is 9.88 Å². The third kappa shape index (κ3) is 4.41. The summed E-state index contributed by atoms with van der Waals surface area (Å²) < 4.78 is 2.35. The van der Waals surface area contributed by atoms with Gasteiger partial charge in [-0.3, -0.25) is 4.79 Å². The number of hydrogen-bond donors (Lipinski definition) is 1. The van der Waals surface area contributed by atoms with Crippen molar-refractivity contribution in [2.75, 3.05) is 6.54 Å². The average Bonchev–Trinajstić information content (AvgIpc) is 2.99. The third-order valence-corrected chi connectivity index (χ3v) is 6.27. The monoisotopic (exact) mass is 410 g/mol. The largest absolute Gasteiger partial charge is 0.352 e. The van der Waals surface area contributed by atoms with E-state index >= 15 is 0 Å². The van der Waals surface area contributed by atoms with Gasteiger partial charge in [0.25, 0.3) is 5.91 Å². The van der Waals surface area contributed by atoms with Crippen LogP contribution in [-0.4, -0.2) is 17.0 Å². The van der Waals surface area contributed by atoms with Crippen molar-refractivity contribution < 1.29 is 4.79 Å². The predicted octanol–water partition coefficient (Wildman–Crippen LogP) is 5.90. The number of amides is 1. The van der Waals surface area contributed by atoms with Crippen LogP contribution in [0.4, 0.5) is 0 Å². The molecule has 3 aromatic carbocycles. The number of hydrogen-bond acceptors (Lipinski definition) is 1. The first-order valence-corrected chi connectivity index (χ1v) is 10.9. The highest BCUT2D eigenvalue weighted by Gasteiger charge is 2.14. The smallest absolute Gasteiger partial charge is 0.251 e. The standard InChI is InChI=1S/C28H30N2O/c1-19-8-7-10-23(16-19)18-30-22(4)21(3)26-17-25(12-13-27(26)30)28(31)29-15-14-24-11-6-5-9-20(24)2/h5-13,16-17H,14-15,18H2,1-4H3,(H,29,31). The van der Waals surface area contributed by atoms with E-state index in [1.807, 2.05) is 24.3 Å². The molecule has 3 nitrogen and oxygen atoms in total. The first-order valence-electron chi connectivity index (χ1n) is 10.9. The summed E-state index contributed by atoms with van der Waals surface area (Å²) in [5, 5.41) is 4.23. The Labute approximate surface area is 184 Å². The fourth-order valence-corrected chi connectivity index (χ4v) is 4.29. The van der Waals surface area contributed by atoms with Gasteiger partial charge in [-0.05, 0) is 74.6 Å². The van der Waals surface area contributed by atoms with Crippen LogP contribution in [0.15, 0.2) is 66.7 Å². The van der Waals surface area contributed by atoms with E-state index in [-0.39, 0.29) is 5.91 Å². The molecule has 4 aromatic rings. The Balaban J connectivity index is 1.53. The maximum Gasteiger partial charge on any atom is 0.251 e. The Morgan fingerprint density at radius 2 is 1.71 bits per heavy atom. The predicted molar refractivity (Wildman–Crippen MR) is 129 cm³/mol. The van der Waals surface area contributed by atoms with Crippen molar-refractivity contribution in [3.8, 4) is 0 Å². The van der Waals surface area contributed by atoms with Gasteiger partial charge in [-0.25, -0.2) is 0 Å². The lowest BCUT2D eigenvalue weighted by Crippen LogP contribution is -2.25. The van der Waals surface area contributed by atoms with E-state index < -0.39 is 0 Å². The van der Waals surface area contributed by atoms with Crippen LogP contribution in [0.5, 0.6) is 0 Å². The van der Waals surface area contributed by atoms with E-state index in [2.05, 4.69) is 80.0 Å². The summed E-state index contributed by atoms with van der Waals surface area (Å²) in [6.07, 6.45) is 0.839. The van der Waals surface area contributed by atoms with Crippen LogP contribution in [0.3, 0.4) is 0 Å². The molecule has 0 spiro atoms. The van der Waals surface area contributed by atoms with Gasteiger partial charge in [-0.1, -0.05) is 54.1 Å². The number of rotatable bonds is 6. The number of fused-ring (bicyclic) bond motifs is 1. The number of aromatic nitrogens is 1. The Morgan fingerprint density at radius 1 is 0.903 bits per heavy atom. The molecule has 0 atom stereocenters. The Bertz CT molecular complexity index is 1250. The van der Waals surface area contributed by atoms with Gasteiger partial charge in [0, 0.05) is 35.2 Å². The lowest BCUT2D eigenvalue weighted by Gasteiger charge is -2.10. The molecule has 0 saturated carbocycles. The zero-order valence-electron chi connectivity index (χ0n) is 18.8. The summed E-state index contributed by atoms with van der Waals surface area (Å²) in [4.78, 5) is 12.8. The lowest BCUT2D eigenvalue weighted by molar-refractivity contribution is 0.0954. The van der Waals surface area contributed by atoms with Gasteiger partial charge in [0.2, 0.25) is 0 Å². The highest BCUT2D eigenvalue weighted by atomic mass is 16.1. The molecule has 0 radical (unpaired) electrons. The molecule has 1 heterocycles. The molecule has 0 saturated heterocycles. The summed E-state index contributed by atoms with van der Waals surface area (Å²) in [6.45, 7) is 10.0. The van der Waals surface area contributed by atoms with Crippen LogP contribution in [0.2, 0.25) is 0 Å². The third-order valence-electron chi connectivity index (χ3n) is 6.27. The average molecular weight is 411 g/mol. The minimum atomic E-state index is -0.0148. The highest BCUT2D eigenvalue weighted by Crippen LogP contribution is 2.27. The van der Waals surface area contributed by atoms with E-state index in [9.17, 15) is 4.79 Å². The van der Waals surface area contributed by atoms with Crippen molar-refractivity contribution in [2.45, 2.75) is 40.7 Å². The number of carbonyl (C=O) groups is 1. The Kier molecular flexibility index (Phi) is 5.94. The Morgan fingerprint density at radius 3 is 2.48 bits per heavy atom. The second-order valence-corrected chi connectivity index (χ2v) is 8.45. The fraction of sp³-hybridized carbons (Fsp3) is 0.250. The first kappa shape index (κ1) is 20.9. The van der Waals surface area contributed by atoms with E-state index in [1.165, 1.54) is 39.0 Å². The zero-order chi connectivity index (χ0) is 22.0. The number of benzene rings is 3. The summed E-state index contributed by atoms with van der Waals surface area (Å²) in [5.74, 6) is -0.0148. The zero-order valence-corrected chi connectivity index (χ0v) is 18.8. The molecule has 3 heteroatoms. The molecule has 0 fully saturated rings. The minimum Gasteiger partial charge on any atom is -0.352 e. The van der Waals surface area contributed by atoms with Gasteiger partial charge in [0.1, 0.15) is 0 Å². The van der Waals surface area contributed by atoms with E-state index in [1.54, 1.807) is 0 Å². The Hall–Kier alpha value is -3.33. The molecule has 0 aliphatic carbocycles. The second kappa shape index (κ2) is 8.81. The molecule has 0 bridgehead atoms. The van der Waals surface area contributed by atoms with Gasteiger partial charge in [-0.15, -0.1) is 0 Å². The van der Waals surface area contributed by atoms with Gasteiger partial charge in [0.05, 0.1) is 0 Å². The summed E-state index contributed by atoms with van der Waals surface area (Å²) in [7, 11) is 0. The molecular formula is C28H30N2O. The van der Waals surface area contributed by atoms with Crippen LogP contribution in [-0.2, 0) is 13.0 Å². The first-order chi connectivity index (χ1) is 14.9. The number of nitrogens with one attached hydrogen (secondary N) is 1. The lowest BCUT2D eigenvalue weighted by atomic mass is 10.1. The summed E-state index contributed by atoms with van der Waals surface area (Å²) >= 11 is 0. The topological polar surface area (TPSA) is 34.0 Å². The van der Waals surface area contributed by atoms with Crippen LogP contribution in [0, 0.1) is 27.7 Å². The van der Waals surface area contributed by atoms with Crippen LogP contribution < -0.4 is 5.32 Å². The van der Waals surface area contributed by atoms with E-state index in [0.29, 0.717) is 12.1 Å². The molecule has 1 amide bonds. The molecule has 1 aromatic heterocycles. The quantitative estimate of drug-likeness (QED) is 0.422. The van der Waals surface area contributed by atoms with E-state index in [4.69, 9.17) is 0 Å². The van der Waals surface area contributed by atoms with Crippen molar-refractivity contribution in [3.63, 3.8) is 0 Å². The molecule has 0 unspecified atom stereocenters. The molecule has 31 heavy (non-hydrogen) atoms. The van der Waals surface area contributed by atoms with Crippen molar-refractivity contribution in [1.82, 2.24) is 9.88 Å². The maximum absolute atomic E-state index is 12.8. The molecule has 158 valence electrons. The van der Waals surface area contributed by atoms with Gasteiger partial charge in [-0.2, -0.15) is 0 Å². The SMILES string of the molecule is Cc1cccc(Cn2c(C)c(C)c3cc(C(=O)NCCc4ccccc4C)ccc32)c1. The minimum absolute atomic E-state index is 0.0148. The number of carbonyl (C=O) groups excluding carboxylic acids is 1. The second-order valence-electron chi connectivity index (χ2n) is 8.45. The van der Waals surface area contributed by atoms with E-state index in [0.717, 1.165) is 18.4 Å². The van der Waals surface area contributed by atoms with Crippen molar-refractivity contribution >= 4 is 16.8 Å². The number of nitrogens with zero attached hydrogens (tertiary/aromatic N) is 1. The molecule has 4 rings (SSSR count). The van der Waals surface area contributed by atoms with Crippen molar-refractivity contribution in [1.29, 1.82) is 0 Å². The van der Waals surface area contributed by atoms with Gasteiger partial charge in [0.15, 0.2) is 0 Å². The normalized spacial score (nSPS) is 11.1.